The molecule has 46 heavy (non-hydrogen) atoms. The summed E-state index contributed by atoms with van der Waals surface area (Å²) in [6.07, 6.45) is 0.908. The topological polar surface area (TPSA) is 140 Å². The third-order valence-electron chi connectivity index (χ3n) is 8.09. The smallest absolute Gasteiger partial charge is 0.407 e. The molecule has 2 atom stereocenters. The molecule has 4 aromatic rings. The summed E-state index contributed by atoms with van der Waals surface area (Å²) in [5, 5.41) is 7.88. The van der Waals surface area contributed by atoms with Crippen LogP contribution >= 0.6 is 0 Å². The predicted octanol–water partition coefficient (Wildman–Crippen LogP) is 4.71. The SMILES string of the molecule is NCCCC[C@H](NC(=O)OCC1c2ccccc2-c2ccccc21)C(=O)N[C@@H](Cc1ccccc1)C(=O)NC(=O)c1ccccc1. The summed E-state index contributed by atoms with van der Waals surface area (Å²) in [5.74, 6) is -1.93. The third kappa shape index (κ3) is 8.05. The van der Waals surface area contributed by atoms with Crippen LogP contribution in [0.2, 0.25) is 0 Å². The highest BCUT2D eigenvalue weighted by atomic mass is 16.5. The standard InChI is InChI=1S/C37H38N4O5/c38-22-12-11-21-32(40-37(45)46-24-31-29-19-9-7-17-27(29)28-18-8-10-20-30(28)31)35(43)39-33(23-25-13-3-1-4-14-25)36(44)41-34(42)26-15-5-2-6-16-26/h1-10,13-20,31-33H,11-12,21-24,38H2,(H,39,43)(H,40,45)(H,41,42,44)/t32-,33-/m0/s1. The fourth-order valence-electron chi connectivity index (χ4n) is 5.74. The Morgan fingerprint density at radius 1 is 0.674 bits per heavy atom. The second-order valence-electron chi connectivity index (χ2n) is 11.2. The molecule has 0 aliphatic heterocycles. The lowest BCUT2D eigenvalue weighted by Gasteiger charge is -2.23. The minimum absolute atomic E-state index is 0.0949. The van der Waals surface area contributed by atoms with Gasteiger partial charge in [0.2, 0.25) is 11.8 Å². The van der Waals surface area contributed by atoms with E-state index in [9.17, 15) is 19.2 Å². The number of benzene rings is 4. The molecule has 0 fully saturated rings. The van der Waals surface area contributed by atoms with Crippen LogP contribution in [0.25, 0.3) is 11.1 Å². The van der Waals surface area contributed by atoms with Gasteiger partial charge in [0.1, 0.15) is 18.7 Å². The first-order chi connectivity index (χ1) is 22.4. The zero-order chi connectivity index (χ0) is 32.3. The lowest BCUT2D eigenvalue weighted by Crippen LogP contribution is -2.55. The number of rotatable bonds is 13. The molecule has 1 aliphatic carbocycles. The van der Waals surface area contributed by atoms with Crippen LogP contribution in [0.15, 0.2) is 109 Å². The Morgan fingerprint density at radius 3 is 1.89 bits per heavy atom. The zero-order valence-corrected chi connectivity index (χ0v) is 25.5. The largest absolute Gasteiger partial charge is 0.449 e. The predicted molar refractivity (Wildman–Crippen MR) is 176 cm³/mol. The van der Waals surface area contributed by atoms with E-state index in [0.29, 0.717) is 24.9 Å². The summed E-state index contributed by atoms with van der Waals surface area (Å²) >= 11 is 0. The lowest BCUT2D eigenvalue weighted by atomic mass is 9.98. The maximum atomic E-state index is 13.6. The molecule has 0 radical (unpaired) electrons. The molecule has 0 bridgehead atoms. The van der Waals surface area contributed by atoms with Crippen molar-refractivity contribution in [3.63, 3.8) is 0 Å². The van der Waals surface area contributed by atoms with E-state index in [1.54, 1.807) is 30.3 Å². The molecular weight excluding hydrogens is 580 g/mol. The molecule has 9 heteroatoms. The Kier molecular flexibility index (Phi) is 10.9. The van der Waals surface area contributed by atoms with Gasteiger partial charge in [-0.25, -0.2) is 4.79 Å². The Hall–Kier alpha value is -5.28. The van der Waals surface area contributed by atoms with Crippen LogP contribution in [-0.2, 0) is 20.7 Å². The molecule has 236 valence electrons. The third-order valence-corrected chi connectivity index (χ3v) is 8.09. The minimum Gasteiger partial charge on any atom is -0.449 e. The van der Waals surface area contributed by atoms with Gasteiger partial charge in [0.15, 0.2) is 0 Å². The molecule has 0 saturated heterocycles. The molecule has 0 unspecified atom stereocenters. The van der Waals surface area contributed by atoms with Crippen LogP contribution in [0.1, 0.15) is 52.2 Å². The van der Waals surface area contributed by atoms with Crippen molar-refractivity contribution in [2.75, 3.05) is 13.2 Å². The second-order valence-corrected chi connectivity index (χ2v) is 11.2. The summed E-state index contributed by atoms with van der Waals surface area (Å²) < 4.78 is 5.70. The highest BCUT2D eigenvalue weighted by molar-refractivity contribution is 6.07. The highest BCUT2D eigenvalue weighted by Crippen LogP contribution is 2.44. The molecule has 4 amide bonds. The number of carbonyl (C=O) groups excluding carboxylic acids is 4. The van der Waals surface area contributed by atoms with Gasteiger partial charge in [0, 0.05) is 17.9 Å². The molecule has 9 nitrogen and oxygen atoms in total. The van der Waals surface area contributed by atoms with Crippen molar-refractivity contribution in [1.29, 1.82) is 0 Å². The highest BCUT2D eigenvalue weighted by Gasteiger charge is 2.31. The number of carbonyl (C=O) groups is 4. The van der Waals surface area contributed by atoms with E-state index < -0.39 is 35.9 Å². The van der Waals surface area contributed by atoms with Gasteiger partial charge in [-0.1, -0.05) is 97.1 Å². The van der Waals surface area contributed by atoms with E-state index in [-0.39, 0.29) is 25.4 Å². The van der Waals surface area contributed by atoms with Gasteiger partial charge in [-0.15, -0.1) is 0 Å². The summed E-state index contributed by atoms with van der Waals surface area (Å²) in [5.41, 5.74) is 11.2. The monoisotopic (exact) mass is 618 g/mol. The number of alkyl carbamates (subject to hydrolysis) is 1. The number of imide groups is 1. The average Bonchev–Trinajstić information content (AvgIpc) is 3.41. The van der Waals surface area contributed by atoms with Gasteiger partial charge in [0.25, 0.3) is 5.91 Å². The van der Waals surface area contributed by atoms with Crippen LogP contribution in [0.3, 0.4) is 0 Å². The maximum Gasteiger partial charge on any atom is 0.407 e. The fraction of sp³-hybridized carbons (Fsp3) is 0.243. The van der Waals surface area contributed by atoms with E-state index in [4.69, 9.17) is 10.5 Å². The summed E-state index contributed by atoms with van der Waals surface area (Å²) in [6, 6.07) is 31.5. The van der Waals surface area contributed by atoms with Crippen molar-refractivity contribution in [1.82, 2.24) is 16.0 Å². The first-order valence-electron chi connectivity index (χ1n) is 15.5. The Labute approximate surface area is 268 Å². The number of unbranched alkanes of at least 4 members (excludes halogenated alkanes) is 1. The van der Waals surface area contributed by atoms with Crippen LogP contribution in [0.4, 0.5) is 4.79 Å². The van der Waals surface area contributed by atoms with E-state index in [2.05, 4.69) is 28.1 Å². The molecular formula is C37H38N4O5. The van der Waals surface area contributed by atoms with E-state index in [0.717, 1.165) is 27.8 Å². The summed E-state index contributed by atoms with van der Waals surface area (Å²) in [4.78, 5) is 52.9. The molecule has 0 heterocycles. The van der Waals surface area contributed by atoms with Gasteiger partial charge in [0.05, 0.1) is 0 Å². The van der Waals surface area contributed by atoms with Crippen molar-refractivity contribution in [3.05, 3.63) is 131 Å². The molecule has 0 aromatic heterocycles. The minimum atomic E-state index is -1.08. The second kappa shape index (κ2) is 15.6. The molecule has 4 aromatic carbocycles. The molecule has 5 N–H and O–H groups in total. The summed E-state index contributed by atoms with van der Waals surface area (Å²) in [6.45, 7) is 0.525. The van der Waals surface area contributed by atoms with Crippen LogP contribution < -0.4 is 21.7 Å². The van der Waals surface area contributed by atoms with Crippen LogP contribution in [-0.4, -0.2) is 49.1 Å². The Morgan fingerprint density at radius 2 is 1.26 bits per heavy atom. The van der Waals surface area contributed by atoms with Gasteiger partial charge < -0.3 is 21.1 Å². The van der Waals surface area contributed by atoms with Crippen molar-refractivity contribution in [3.8, 4) is 11.1 Å². The number of amides is 4. The van der Waals surface area contributed by atoms with Crippen molar-refractivity contribution < 1.29 is 23.9 Å². The van der Waals surface area contributed by atoms with Crippen molar-refractivity contribution >= 4 is 23.8 Å². The van der Waals surface area contributed by atoms with Crippen molar-refractivity contribution in [2.24, 2.45) is 5.73 Å². The summed E-state index contributed by atoms with van der Waals surface area (Å²) in [7, 11) is 0. The molecule has 5 rings (SSSR count). The Balaban J connectivity index is 1.27. The van der Waals surface area contributed by atoms with Crippen LogP contribution in [0.5, 0.6) is 0 Å². The van der Waals surface area contributed by atoms with Crippen LogP contribution in [0, 0.1) is 0 Å². The quantitative estimate of drug-likeness (QED) is 0.160. The maximum absolute atomic E-state index is 13.6. The van der Waals surface area contributed by atoms with E-state index in [1.165, 1.54) is 0 Å². The lowest BCUT2D eigenvalue weighted by molar-refractivity contribution is -0.129. The number of fused-ring (bicyclic) bond motifs is 3. The van der Waals surface area contributed by atoms with E-state index >= 15 is 0 Å². The fourth-order valence-corrected chi connectivity index (χ4v) is 5.74. The molecule has 1 aliphatic rings. The number of ether oxygens (including phenoxy) is 1. The van der Waals surface area contributed by atoms with Gasteiger partial charge >= 0.3 is 6.09 Å². The number of nitrogens with two attached hydrogens (primary N) is 1. The molecule has 0 spiro atoms. The molecule has 0 saturated carbocycles. The zero-order valence-electron chi connectivity index (χ0n) is 25.5. The first kappa shape index (κ1) is 32.1. The first-order valence-corrected chi connectivity index (χ1v) is 15.5. The van der Waals surface area contributed by atoms with Gasteiger partial charge in [-0.05, 0) is 65.8 Å². The number of hydrogen-bond acceptors (Lipinski definition) is 6. The van der Waals surface area contributed by atoms with Gasteiger partial charge in [-0.2, -0.15) is 0 Å². The van der Waals surface area contributed by atoms with E-state index in [1.807, 2.05) is 66.7 Å². The normalized spacial score (nSPS) is 13.1. The van der Waals surface area contributed by atoms with Gasteiger partial charge in [-0.3, -0.25) is 19.7 Å². The average molecular weight is 619 g/mol. The van der Waals surface area contributed by atoms with Crippen molar-refractivity contribution in [2.45, 2.75) is 43.7 Å². The number of nitrogens with one attached hydrogen (secondary N) is 3. The number of hydrogen-bond donors (Lipinski definition) is 4. The Bertz CT molecular complexity index is 1620.